The van der Waals surface area contributed by atoms with E-state index in [1.165, 1.54) is 17.4 Å². The molecule has 1 N–H and O–H groups in total. The Labute approximate surface area is 177 Å². The molecule has 0 saturated heterocycles. The summed E-state index contributed by atoms with van der Waals surface area (Å²) in [5, 5.41) is 0. The van der Waals surface area contributed by atoms with Crippen molar-refractivity contribution in [2.75, 3.05) is 6.26 Å². The van der Waals surface area contributed by atoms with Crippen molar-refractivity contribution in [3.8, 4) is 5.75 Å². The molecule has 1 aliphatic heterocycles. The van der Waals surface area contributed by atoms with Crippen molar-refractivity contribution in [2.45, 2.75) is 31.1 Å². The maximum Gasteiger partial charge on any atom is 0.228 e. The molecule has 0 aliphatic carbocycles. The summed E-state index contributed by atoms with van der Waals surface area (Å²) in [6.07, 6.45) is 1.41. The third-order valence-corrected chi connectivity index (χ3v) is 6.40. The van der Waals surface area contributed by atoms with E-state index in [0.29, 0.717) is 22.9 Å². The molecule has 6 heteroatoms. The summed E-state index contributed by atoms with van der Waals surface area (Å²) in [6, 6.07) is 21.3. The number of nitrogens with zero attached hydrogens (tertiary/aromatic N) is 2. The number of benzene rings is 3. The normalized spacial score (nSPS) is 15.2. The minimum absolute atomic E-state index is 0.312. The highest BCUT2D eigenvalue weighted by molar-refractivity contribution is 7.91. The van der Waals surface area contributed by atoms with Gasteiger partial charge in [-0.1, -0.05) is 42.5 Å². The predicted octanol–water partition coefficient (Wildman–Crippen LogP) is 5.37. The second-order valence-corrected chi connectivity index (χ2v) is 9.76. The van der Waals surface area contributed by atoms with E-state index >= 15 is 0 Å². The summed E-state index contributed by atoms with van der Waals surface area (Å²) in [7, 11) is -2.71. The maximum atomic E-state index is 11.8. The average molecular weight is 418 g/mol. The van der Waals surface area contributed by atoms with Gasteiger partial charge in [0.05, 0.1) is 16.3 Å². The highest BCUT2D eigenvalue weighted by atomic mass is 32.2. The first-order chi connectivity index (χ1) is 14.4. The Morgan fingerprint density at radius 3 is 2.27 bits per heavy atom. The van der Waals surface area contributed by atoms with Gasteiger partial charge in [0.2, 0.25) is 5.69 Å². The van der Waals surface area contributed by atoms with Gasteiger partial charge in [0.25, 0.3) is 0 Å². The topological polar surface area (TPSA) is 57.8 Å². The molecular weight excluding hydrogens is 394 g/mol. The van der Waals surface area contributed by atoms with Crippen molar-refractivity contribution in [2.24, 2.45) is 0 Å². The van der Waals surface area contributed by atoms with Crippen molar-refractivity contribution in [1.29, 1.82) is 4.78 Å². The molecule has 152 valence electrons. The van der Waals surface area contributed by atoms with Crippen LogP contribution in [0.5, 0.6) is 5.75 Å². The summed E-state index contributed by atoms with van der Waals surface area (Å²) in [4.78, 5) is 6.52. The van der Waals surface area contributed by atoms with E-state index in [-0.39, 0.29) is 0 Å². The van der Waals surface area contributed by atoms with Gasteiger partial charge in [-0.2, -0.15) is 0 Å². The van der Waals surface area contributed by atoms with Crippen LogP contribution in [0.2, 0.25) is 0 Å². The molecule has 0 bridgehead atoms. The maximum absolute atomic E-state index is 11.8. The van der Waals surface area contributed by atoms with Crippen LogP contribution in [0.3, 0.4) is 0 Å². The summed E-state index contributed by atoms with van der Waals surface area (Å²) >= 11 is 0. The van der Waals surface area contributed by atoms with Crippen molar-refractivity contribution in [3.05, 3.63) is 100 Å². The Hall–Kier alpha value is -3.14. The fraction of sp³-hybridized carbons (Fsp3) is 0.208. The molecule has 1 heterocycles. The number of rotatable bonds is 6. The van der Waals surface area contributed by atoms with Crippen LogP contribution in [0.4, 0.5) is 5.69 Å². The van der Waals surface area contributed by atoms with E-state index in [2.05, 4.69) is 34.0 Å². The van der Waals surface area contributed by atoms with E-state index in [4.69, 9.17) is 16.1 Å². The van der Waals surface area contributed by atoms with Crippen LogP contribution in [0, 0.1) is 11.4 Å². The van der Waals surface area contributed by atoms with Crippen molar-refractivity contribution in [3.63, 3.8) is 0 Å². The van der Waals surface area contributed by atoms with Gasteiger partial charge in [0.15, 0.2) is 0 Å². The van der Waals surface area contributed by atoms with Gasteiger partial charge in [-0.3, -0.25) is 4.90 Å². The third kappa shape index (κ3) is 4.54. The van der Waals surface area contributed by atoms with Crippen molar-refractivity contribution >= 4 is 15.4 Å². The molecule has 0 radical (unpaired) electrons. The Kier molecular flexibility index (Phi) is 5.58. The van der Waals surface area contributed by atoms with Crippen LogP contribution in [-0.4, -0.2) is 15.4 Å². The zero-order valence-electron chi connectivity index (χ0n) is 16.8. The van der Waals surface area contributed by atoms with Crippen LogP contribution >= 0.6 is 0 Å². The number of ether oxygens (including phenoxy) is 1. The number of hydrogen-bond donors (Lipinski definition) is 1. The molecule has 0 amide bonds. The monoisotopic (exact) mass is 417 g/mol. The van der Waals surface area contributed by atoms with Gasteiger partial charge in [-0.05, 0) is 46.5 Å². The molecule has 3 aromatic carbocycles. The first-order valence-corrected chi connectivity index (χ1v) is 11.6. The van der Waals surface area contributed by atoms with Crippen LogP contribution in [-0.2, 0) is 36.0 Å². The average Bonchev–Trinajstić information content (AvgIpc) is 3.14. The highest BCUT2D eigenvalue weighted by Crippen LogP contribution is 2.31. The van der Waals surface area contributed by atoms with Crippen molar-refractivity contribution < 1.29 is 8.95 Å². The Morgan fingerprint density at radius 2 is 1.67 bits per heavy atom. The first kappa shape index (κ1) is 20.1. The van der Waals surface area contributed by atoms with E-state index in [9.17, 15) is 4.21 Å². The molecule has 0 saturated carbocycles. The van der Waals surface area contributed by atoms with Crippen LogP contribution in [0.1, 0.15) is 22.3 Å². The number of nitrogens with one attached hydrogen (secondary N) is 1. The first-order valence-electron chi connectivity index (χ1n) is 9.67. The van der Waals surface area contributed by atoms with Gasteiger partial charge in [-0.25, -0.2) is 13.8 Å². The Bertz CT molecular complexity index is 1190. The highest BCUT2D eigenvalue weighted by Gasteiger charge is 2.18. The second-order valence-electron chi connectivity index (χ2n) is 7.60. The molecule has 0 spiro atoms. The van der Waals surface area contributed by atoms with Crippen LogP contribution in [0.15, 0.2) is 71.6 Å². The lowest BCUT2D eigenvalue weighted by Gasteiger charge is -2.16. The predicted molar refractivity (Wildman–Crippen MR) is 118 cm³/mol. The molecule has 0 aromatic heterocycles. The summed E-state index contributed by atoms with van der Waals surface area (Å²) in [5.74, 6) is 0.558. The Morgan fingerprint density at radius 1 is 1.03 bits per heavy atom. The lowest BCUT2D eigenvalue weighted by Crippen LogP contribution is -2.15. The number of hydrogen-bond acceptors (Lipinski definition) is 4. The fourth-order valence-electron chi connectivity index (χ4n) is 3.65. The standard InChI is InChI=1S/C24H23N3O2S/c1-26-23-13-19(14-27-15-20-5-3-4-6-21(20)16-27)9-12-24(23)29-17-18-7-10-22(11-8-18)30(2,25)28/h3-13,25H,14-17H2,2H3. The molecule has 5 nitrogen and oxygen atoms in total. The third-order valence-electron chi connectivity index (χ3n) is 5.22. The largest absolute Gasteiger partial charge is 0.500 e. The molecule has 1 unspecified atom stereocenters. The van der Waals surface area contributed by atoms with Gasteiger partial charge >= 0.3 is 0 Å². The minimum atomic E-state index is -2.71. The summed E-state index contributed by atoms with van der Waals surface area (Å²) < 4.78 is 25.3. The van der Waals surface area contributed by atoms with Gasteiger partial charge in [0, 0.05) is 30.8 Å². The summed E-state index contributed by atoms with van der Waals surface area (Å²) in [5.41, 5.74) is 5.25. The second kappa shape index (κ2) is 8.31. The van der Waals surface area contributed by atoms with E-state index in [1.807, 2.05) is 30.3 Å². The van der Waals surface area contributed by atoms with Gasteiger partial charge < -0.3 is 4.74 Å². The fourth-order valence-corrected chi connectivity index (χ4v) is 4.31. The lowest BCUT2D eigenvalue weighted by molar-refractivity contribution is 0.275. The molecule has 4 rings (SSSR count). The van der Waals surface area contributed by atoms with Crippen LogP contribution in [0.25, 0.3) is 4.85 Å². The lowest BCUT2D eigenvalue weighted by atomic mass is 10.1. The molecule has 1 aliphatic rings. The van der Waals surface area contributed by atoms with E-state index < -0.39 is 9.73 Å². The van der Waals surface area contributed by atoms with Crippen molar-refractivity contribution in [1.82, 2.24) is 4.90 Å². The summed E-state index contributed by atoms with van der Waals surface area (Å²) in [6.45, 7) is 10.5. The zero-order chi connectivity index (χ0) is 21.1. The van der Waals surface area contributed by atoms with E-state index in [0.717, 1.165) is 30.8 Å². The molecule has 3 aromatic rings. The van der Waals surface area contributed by atoms with E-state index in [1.54, 1.807) is 12.1 Å². The molecule has 0 fully saturated rings. The molecule has 30 heavy (non-hydrogen) atoms. The van der Waals surface area contributed by atoms with Crippen LogP contribution < -0.4 is 4.74 Å². The van der Waals surface area contributed by atoms with Gasteiger partial charge in [-0.15, -0.1) is 0 Å². The number of fused-ring (bicyclic) bond motifs is 1. The SMILES string of the molecule is [C-]#[N+]c1cc(CN2Cc3ccccc3C2)ccc1OCc1ccc(S(C)(=N)=O)cc1. The minimum Gasteiger partial charge on any atom is -0.500 e. The molecule has 1 atom stereocenters. The quantitative estimate of drug-likeness (QED) is 0.549. The zero-order valence-corrected chi connectivity index (χ0v) is 17.6. The Balaban J connectivity index is 1.41. The smallest absolute Gasteiger partial charge is 0.228 e. The van der Waals surface area contributed by atoms with Gasteiger partial charge in [0.1, 0.15) is 12.4 Å². The molecular formula is C24H23N3O2S.